The van der Waals surface area contributed by atoms with E-state index in [0.717, 1.165) is 32.5 Å². The monoisotopic (exact) mass is 187 g/mol. The number of hydrogen-bond donors (Lipinski definition) is 1. The molecule has 1 N–H and O–H groups in total. The van der Waals surface area contributed by atoms with E-state index < -0.39 is 0 Å². The number of nitrogens with one attached hydrogen (secondary N) is 1. The van der Waals surface area contributed by atoms with Gasteiger partial charge in [0.05, 0.1) is 7.11 Å². The summed E-state index contributed by atoms with van der Waals surface area (Å²) in [4.78, 5) is 10.7. The molecule has 1 aliphatic heterocycles. The van der Waals surface area contributed by atoms with Crippen molar-refractivity contribution in [3.63, 3.8) is 0 Å². The van der Waals surface area contributed by atoms with Crippen LogP contribution in [0.4, 0.5) is 4.79 Å². The summed E-state index contributed by atoms with van der Waals surface area (Å²) < 4.78 is 9.70. The summed E-state index contributed by atoms with van der Waals surface area (Å²) in [6.07, 6.45) is 2.91. The number of carbonyl (C=O) groups excluding carboxylic acids is 1. The predicted molar refractivity (Wildman–Crippen MR) is 48.6 cm³/mol. The van der Waals surface area contributed by atoms with E-state index in [9.17, 15) is 4.79 Å². The largest absolute Gasteiger partial charge is 0.453 e. The second-order valence-electron chi connectivity index (χ2n) is 3.26. The number of alkyl carbamates (subject to hydrolysis) is 1. The molecule has 1 rings (SSSR count). The van der Waals surface area contributed by atoms with Crippen molar-refractivity contribution in [1.82, 2.24) is 5.32 Å². The molecule has 4 heteroatoms. The second-order valence-corrected chi connectivity index (χ2v) is 3.26. The molecule has 1 saturated heterocycles. The molecule has 0 saturated carbocycles. The summed E-state index contributed by atoms with van der Waals surface area (Å²) in [6.45, 7) is 2.43. The Hall–Kier alpha value is -0.770. The lowest BCUT2D eigenvalue weighted by atomic mass is 9.97. The molecule has 0 atom stereocenters. The maximum Gasteiger partial charge on any atom is 0.406 e. The van der Waals surface area contributed by atoms with Gasteiger partial charge < -0.3 is 14.8 Å². The maximum absolute atomic E-state index is 10.7. The van der Waals surface area contributed by atoms with Crippen molar-refractivity contribution in [2.24, 2.45) is 5.92 Å². The van der Waals surface area contributed by atoms with Gasteiger partial charge in [-0.2, -0.15) is 0 Å². The molecule has 0 aromatic rings. The van der Waals surface area contributed by atoms with Crippen LogP contribution in [0.3, 0.4) is 0 Å². The van der Waals surface area contributed by atoms with E-state index in [1.807, 2.05) is 0 Å². The summed E-state index contributed by atoms with van der Waals surface area (Å²) in [5, 5.41) is 2.68. The Kier molecular flexibility index (Phi) is 4.60. The summed E-state index contributed by atoms with van der Waals surface area (Å²) in [5.41, 5.74) is 0. The van der Waals surface area contributed by atoms with Crippen LogP contribution in [0.1, 0.15) is 19.3 Å². The molecule has 1 amide bonds. The van der Waals surface area contributed by atoms with Crippen LogP contribution >= 0.6 is 0 Å². The van der Waals surface area contributed by atoms with Gasteiger partial charge in [0.2, 0.25) is 0 Å². The standard InChI is InChI=1S/C9H17NO3/c1-12-9(11)10-5-2-8-3-6-13-7-4-8/h8H,2-7H2,1H3,(H,10,11). The molecular weight excluding hydrogens is 170 g/mol. The molecule has 0 radical (unpaired) electrons. The van der Waals surface area contributed by atoms with E-state index in [-0.39, 0.29) is 6.09 Å². The number of ether oxygens (including phenoxy) is 2. The fourth-order valence-electron chi connectivity index (χ4n) is 1.49. The minimum Gasteiger partial charge on any atom is -0.453 e. The van der Waals surface area contributed by atoms with E-state index in [4.69, 9.17) is 4.74 Å². The van der Waals surface area contributed by atoms with Gasteiger partial charge in [-0.3, -0.25) is 0 Å². The highest BCUT2D eigenvalue weighted by molar-refractivity contribution is 5.66. The van der Waals surface area contributed by atoms with Crippen LogP contribution in [0, 0.1) is 5.92 Å². The first-order valence-electron chi connectivity index (χ1n) is 4.72. The highest BCUT2D eigenvalue weighted by Crippen LogP contribution is 2.17. The molecule has 0 aromatic heterocycles. The molecule has 0 aliphatic carbocycles. The zero-order chi connectivity index (χ0) is 9.52. The van der Waals surface area contributed by atoms with E-state index >= 15 is 0 Å². The van der Waals surface area contributed by atoms with Crippen LogP contribution in [0.25, 0.3) is 0 Å². The van der Waals surface area contributed by atoms with Gasteiger partial charge in [0, 0.05) is 19.8 Å². The van der Waals surface area contributed by atoms with Gasteiger partial charge in [-0.15, -0.1) is 0 Å². The van der Waals surface area contributed by atoms with Crippen LogP contribution in [0.2, 0.25) is 0 Å². The van der Waals surface area contributed by atoms with E-state index in [1.54, 1.807) is 0 Å². The average Bonchev–Trinajstić information content (AvgIpc) is 2.19. The van der Waals surface area contributed by atoms with Crippen LogP contribution < -0.4 is 5.32 Å². The lowest BCUT2D eigenvalue weighted by molar-refractivity contribution is 0.0639. The summed E-state index contributed by atoms with van der Waals surface area (Å²) in [6, 6.07) is 0. The lowest BCUT2D eigenvalue weighted by Crippen LogP contribution is -2.27. The normalized spacial score (nSPS) is 18.2. The molecule has 0 unspecified atom stereocenters. The number of carbonyl (C=O) groups is 1. The number of amides is 1. The Labute approximate surface area is 78.6 Å². The Morgan fingerprint density at radius 1 is 1.54 bits per heavy atom. The zero-order valence-corrected chi connectivity index (χ0v) is 8.04. The first-order chi connectivity index (χ1) is 6.33. The number of rotatable bonds is 3. The third-order valence-electron chi connectivity index (χ3n) is 2.35. The van der Waals surface area contributed by atoms with Gasteiger partial charge in [0.1, 0.15) is 0 Å². The fourth-order valence-corrected chi connectivity index (χ4v) is 1.49. The zero-order valence-electron chi connectivity index (χ0n) is 8.04. The van der Waals surface area contributed by atoms with Crippen molar-refractivity contribution < 1.29 is 14.3 Å². The van der Waals surface area contributed by atoms with Crippen molar-refractivity contribution in [1.29, 1.82) is 0 Å². The van der Waals surface area contributed by atoms with Gasteiger partial charge in [-0.05, 0) is 25.2 Å². The minimum atomic E-state index is -0.341. The topological polar surface area (TPSA) is 47.6 Å². The quantitative estimate of drug-likeness (QED) is 0.721. The van der Waals surface area contributed by atoms with E-state index in [2.05, 4.69) is 10.1 Å². The van der Waals surface area contributed by atoms with Gasteiger partial charge in [0.25, 0.3) is 0 Å². The van der Waals surface area contributed by atoms with Gasteiger partial charge in [-0.25, -0.2) is 4.79 Å². The van der Waals surface area contributed by atoms with Crippen molar-refractivity contribution in [2.75, 3.05) is 26.9 Å². The van der Waals surface area contributed by atoms with E-state index in [0.29, 0.717) is 12.5 Å². The van der Waals surface area contributed by atoms with Gasteiger partial charge >= 0.3 is 6.09 Å². The Bertz CT molecular complexity index is 155. The van der Waals surface area contributed by atoms with Gasteiger partial charge in [0.15, 0.2) is 0 Å². The first-order valence-corrected chi connectivity index (χ1v) is 4.72. The van der Waals surface area contributed by atoms with Crippen LogP contribution in [-0.2, 0) is 9.47 Å². The van der Waals surface area contributed by atoms with Crippen molar-refractivity contribution in [2.45, 2.75) is 19.3 Å². The van der Waals surface area contributed by atoms with Crippen LogP contribution in [0.5, 0.6) is 0 Å². The first kappa shape index (κ1) is 10.3. The minimum absolute atomic E-state index is 0.341. The fraction of sp³-hybridized carbons (Fsp3) is 0.889. The number of hydrogen-bond acceptors (Lipinski definition) is 3. The maximum atomic E-state index is 10.7. The van der Waals surface area contributed by atoms with Crippen LogP contribution in [-0.4, -0.2) is 33.0 Å². The second kappa shape index (κ2) is 5.80. The molecule has 1 fully saturated rings. The summed E-state index contributed by atoms with van der Waals surface area (Å²) >= 11 is 0. The van der Waals surface area contributed by atoms with Gasteiger partial charge in [-0.1, -0.05) is 0 Å². The Morgan fingerprint density at radius 3 is 2.85 bits per heavy atom. The molecule has 1 aliphatic rings. The molecule has 1 heterocycles. The smallest absolute Gasteiger partial charge is 0.406 e. The molecule has 0 bridgehead atoms. The lowest BCUT2D eigenvalue weighted by Gasteiger charge is -2.21. The molecule has 0 aromatic carbocycles. The molecule has 13 heavy (non-hydrogen) atoms. The molecular formula is C9H17NO3. The van der Waals surface area contributed by atoms with Crippen molar-refractivity contribution in [3.8, 4) is 0 Å². The van der Waals surface area contributed by atoms with Crippen molar-refractivity contribution >= 4 is 6.09 Å². The summed E-state index contributed by atoms with van der Waals surface area (Å²) in [5.74, 6) is 0.700. The SMILES string of the molecule is COC(=O)NCCC1CCOCC1. The van der Waals surface area contributed by atoms with E-state index in [1.165, 1.54) is 7.11 Å². The number of methoxy groups -OCH3 is 1. The summed E-state index contributed by atoms with van der Waals surface area (Å²) in [7, 11) is 1.38. The molecule has 76 valence electrons. The van der Waals surface area contributed by atoms with Crippen molar-refractivity contribution in [3.05, 3.63) is 0 Å². The Balaban J connectivity index is 2.01. The highest BCUT2D eigenvalue weighted by Gasteiger charge is 2.13. The third kappa shape index (κ3) is 4.12. The Morgan fingerprint density at radius 2 is 2.23 bits per heavy atom. The predicted octanol–water partition coefficient (Wildman–Crippen LogP) is 1.16. The third-order valence-corrected chi connectivity index (χ3v) is 2.35. The van der Waals surface area contributed by atoms with Crippen LogP contribution in [0.15, 0.2) is 0 Å². The average molecular weight is 187 g/mol. The molecule has 0 spiro atoms. The highest BCUT2D eigenvalue weighted by atomic mass is 16.5. The molecule has 4 nitrogen and oxygen atoms in total.